The van der Waals surface area contributed by atoms with E-state index in [1.54, 1.807) is 18.3 Å². The van der Waals surface area contributed by atoms with Gasteiger partial charge in [-0.05, 0) is 42.3 Å². The maximum atomic E-state index is 13.8. The van der Waals surface area contributed by atoms with Crippen molar-refractivity contribution in [2.45, 2.75) is 13.5 Å². The van der Waals surface area contributed by atoms with E-state index in [2.05, 4.69) is 34.7 Å². The average molecular weight is 370 g/mol. The highest BCUT2D eigenvalue weighted by Crippen LogP contribution is 2.20. The van der Waals surface area contributed by atoms with Crippen molar-refractivity contribution in [2.75, 3.05) is 10.6 Å². The number of anilines is 2. The fourth-order valence-corrected chi connectivity index (χ4v) is 2.72. The van der Waals surface area contributed by atoms with Crippen molar-refractivity contribution in [2.24, 2.45) is 0 Å². The van der Waals surface area contributed by atoms with Crippen molar-refractivity contribution in [1.82, 2.24) is 4.98 Å². The number of carbonyl (C=O) groups excluding carboxylic acids is 1. The van der Waals surface area contributed by atoms with Crippen LogP contribution in [0.25, 0.3) is 0 Å². The molecular weight excluding hydrogens is 353 g/mol. The predicted molar refractivity (Wildman–Crippen MR) is 102 cm³/mol. The van der Waals surface area contributed by atoms with Gasteiger partial charge in [-0.2, -0.15) is 0 Å². The molecule has 0 atom stereocenters. The van der Waals surface area contributed by atoms with Crippen LogP contribution in [0.4, 0.5) is 15.9 Å². The number of rotatable bonds is 5. The van der Waals surface area contributed by atoms with Crippen LogP contribution in [0.3, 0.4) is 0 Å². The molecule has 1 aromatic heterocycles. The molecule has 6 heteroatoms. The van der Waals surface area contributed by atoms with Gasteiger partial charge in [0.05, 0.1) is 22.5 Å². The molecule has 1 amide bonds. The van der Waals surface area contributed by atoms with E-state index in [4.69, 9.17) is 11.6 Å². The Labute approximate surface area is 156 Å². The highest BCUT2D eigenvalue weighted by atomic mass is 35.5. The van der Waals surface area contributed by atoms with Gasteiger partial charge in [-0.3, -0.25) is 4.79 Å². The van der Waals surface area contributed by atoms with Crippen LogP contribution in [0.1, 0.15) is 21.5 Å². The minimum absolute atomic E-state index is 0.0546. The van der Waals surface area contributed by atoms with Gasteiger partial charge in [0.25, 0.3) is 5.91 Å². The molecule has 0 bridgehead atoms. The molecule has 0 saturated heterocycles. The van der Waals surface area contributed by atoms with Gasteiger partial charge in [-0.25, -0.2) is 9.37 Å². The minimum atomic E-state index is -0.675. The fourth-order valence-electron chi connectivity index (χ4n) is 2.47. The number of benzene rings is 2. The van der Waals surface area contributed by atoms with Crippen LogP contribution < -0.4 is 10.6 Å². The van der Waals surface area contributed by atoms with Crippen LogP contribution >= 0.6 is 11.6 Å². The lowest BCUT2D eigenvalue weighted by molar-refractivity contribution is 0.102. The first-order valence-corrected chi connectivity index (χ1v) is 8.42. The Hall–Kier alpha value is -2.92. The quantitative estimate of drug-likeness (QED) is 0.662. The molecule has 0 aliphatic rings. The van der Waals surface area contributed by atoms with Gasteiger partial charge in [0.2, 0.25) is 0 Å². The molecular formula is C20H17ClFN3O. The number of halogens is 2. The summed E-state index contributed by atoms with van der Waals surface area (Å²) in [6, 6.07) is 15.6. The third-order valence-corrected chi connectivity index (χ3v) is 4.25. The number of pyridine rings is 1. The summed E-state index contributed by atoms with van der Waals surface area (Å²) in [5.74, 6) is -0.997. The number of nitrogens with zero attached hydrogens (tertiary/aromatic N) is 1. The number of aryl methyl sites for hydroxylation is 1. The van der Waals surface area contributed by atoms with E-state index in [9.17, 15) is 9.18 Å². The van der Waals surface area contributed by atoms with Gasteiger partial charge < -0.3 is 10.6 Å². The zero-order valence-corrected chi connectivity index (χ0v) is 14.8. The van der Waals surface area contributed by atoms with Gasteiger partial charge in [-0.1, -0.05) is 41.9 Å². The molecule has 0 radical (unpaired) electrons. The van der Waals surface area contributed by atoms with E-state index < -0.39 is 11.7 Å². The van der Waals surface area contributed by atoms with Gasteiger partial charge in [0.15, 0.2) is 0 Å². The number of amides is 1. The molecule has 0 saturated carbocycles. The number of carbonyl (C=O) groups is 1. The third kappa shape index (κ3) is 4.18. The first kappa shape index (κ1) is 17.9. The van der Waals surface area contributed by atoms with Crippen LogP contribution in [-0.4, -0.2) is 10.9 Å². The standard InChI is InChI=1S/C20H17ClFN3O/c1-13-5-2-3-6-14(13)11-23-15-9-10-18(24-12-15)25-20(26)19-16(21)7-4-8-17(19)22/h2-10,12,23H,11H2,1H3,(H,24,25,26). The lowest BCUT2D eigenvalue weighted by atomic mass is 10.1. The molecule has 3 rings (SSSR count). The molecule has 0 aliphatic heterocycles. The van der Waals surface area contributed by atoms with Crippen molar-refractivity contribution in [3.63, 3.8) is 0 Å². The molecule has 132 valence electrons. The Morgan fingerprint density at radius 1 is 1.12 bits per heavy atom. The third-order valence-electron chi connectivity index (χ3n) is 3.94. The van der Waals surface area contributed by atoms with Gasteiger partial charge in [-0.15, -0.1) is 0 Å². The molecule has 0 unspecified atom stereocenters. The van der Waals surface area contributed by atoms with E-state index in [1.807, 2.05) is 12.1 Å². The number of hydrogen-bond acceptors (Lipinski definition) is 3. The second kappa shape index (κ2) is 7.97. The summed E-state index contributed by atoms with van der Waals surface area (Å²) < 4.78 is 13.8. The molecule has 2 N–H and O–H groups in total. The lowest BCUT2D eigenvalue weighted by Crippen LogP contribution is -2.15. The van der Waals surface area contributed by atoms with E-state index in [-0.39, 0.29) is 10.6 Å². The minimum Gasteiger partial charge on any atom is -0.380 e. The van der Waals surface area contributed by atoms with Crippen molar-refractivity contribution in [3.05, 3.63) is 88.3 Å². The Morgan fingerprint density at radius 2 is 1.92 bits per heavy atom. The predicted octanol–water partition coefficient (Wildman–Crippen LogP) is 5.05. The second-order valence-electron chi connectivity index (χ2n) is 5.76. The fraction of sp³-hybridized carbons (Fsp3) is 0.100. The highest BCUT2D eigenvalue weighted by Gasteiger charge is 2.16. The van der Waals surface area contributed by atoms with Gasteiger partial charge in [0, 0.05) is 6.54 Å². The van der Waals surface area contributed by atoms with Crippen LogP contribution in [0.15, 0.2) is 60.8 Å². The number of hydrogen-bond donors (Lipinski definition) is 2. The summed E-state index contributed by atoms with van der Waals surface area (Å²) in [6.45, 7) is 2.73. The van der Waals surface area contributed by atoms with Crippen molar-refractivity contribution in [1.29, 1.82) is 0 Å². The van der Waals surface area contributed by atoms with E-state index in [0.29, 0.717) is 12.4 Å². The Kier molecular flexibility index (Phi) is 5.49. The number of aromatic nitrogens is 1. The first-order chi connectivity index (χ1) is 12.5. The molecule has 0 aliphatic carbocycles. The Bertz CT molecular complexity index is 908. The molecule has 0 fully saturated rings. The van der Waals surface area contributed by atoms with Crippen molar-refractivity contribution < 1.29 is 9.18 Å². The maximum Gasteiger partial charge on any atom is 0.261 e. The van der Waals surface area contributed by atoms with Crippen molar-refractivity contribution in [3.8, 4) is 0 Å². The topological polar surface area (TPSA) is 54.0 Å². The lowest BCUT2D eigenvalue weighted by Gasteiger charge is -2.10. The van der Waals surface area contributed by atoms with Crippen LogP contribution in [-0.2, 0) is 6.54 Å². The van der Waals surface area contributed by atoms with Crippen LogP contribution in [0, 0.1) is 12.7 Å². The zero-order valence-electron chi connectivity index (χ0n) is 14.1. The second-order valence-corrected chi connectivity index (χ2v) is 6.17. The summed E-state index contributed by atoms with van der Waals surface area (Å²) >= 11 is 5.90. The molecule has 4 nitrogen and oxygen atoms in total. The SMILES string of the molecule is Cc1ccccc1CNc1ccc(NC(=O)c2c(F)cccc2Cl)nc1. The summed E-state index contributed by atoms with van der Waals surface area (Å²) in [5, 5.41) is 5.88. The van der Waals surface area contributed by atoms with Crippen molar-refractivity contribution >= 4 is 29.0 Å². The van der Waals surface area contributed by atoms with E-state index >= 15 is 0 Å². The zero-order chi connectivity index (χ0) is 18.5. The highest BCUT2D eigenvalue weighted by molar-refractivity contribution is 6.34. The maximum absolute atomic E-state index is 13.8. The summed E-state index contributed by atoms with van der Waals surface area (Å²) in [6.07, 6.45) is 1.61. The van der Waals surface area contributed by atoms with E-state index in [0.717, 1.165) is 5.69 Å². The number of nitrogens with one attached hydrogen (secondary N) is 2. The Morgan fingerprint density at radius 3 is 2.62 bits per heavy atom. The average Bonchev–Trinajstić information content (AvgIpc) is 2.62. The smallest absolute Gasteiger partial charge is 0.261 e. The summed E-state index contributed by atoms with van der Waals surface area (Å²) in [4.78, 5) is 16.4. The molecule has 2 aromatic carbocycles. The summed E-state index contributed by atoms with van der Waals surface area (Å²) in [5.41, 5.74) is 3.02. The monoisotopic (exact) mass is 369 g/mol. The van der Waals surface area contributed by atoms with E-state index in [1.165, 1.54) is 29.3 Å². The summed E-state index contributed by atoms with van der Waals surface area (Å²) in [7, 11) is 0. The van der Waals surface area contributed by atoms with Crippen LogP contribution in [0.2, 0.25) is 5.02 Å². The molecule has 26 heavy (non-hydrogen) atoms. The molecule has 0 spiro atoms. The normalized spacial score (nSPS) is 10.4. The van der Waals surface area contributed by atoms with Crippen LogP contribution in [0.5, 0.6) is 0 Å². The molecule has 3 aromatic rings. The first-order valence-electron chi connectivity index (χ1n) is 8.04. The Balaban J connectivity index is 1.64. The van der Waals surface area contributed by atoms with Gasteiger partial charge >= 0.3 is 0 Å². The van der Waals surface area contributed by atoms with Gasteiger partial charge in [0.1, 0.15) is 11.6 Å². The molecule has 1 heterocycles. The largest absolute Gasteiger partial charge is 0.380 e.